The van der Waals surface area contributed by atoms with Crippen molar-refractivity contribution in [3.63, 3.8) is 0 Å². The maximum Gasteiger partial charge on any atom is 0.147 e. The minimum atomic E-state index is -2.83. The van der Waals surface area contributed by atoms with Crippen LogP contribution in [0, 0.1) is 5.92 Å². The molecule has 0 bridgehead atoms. The Morgan fingerprint density at radius 2 is 2.29 bits per heavy atom. The first-order valence-corrected chi connectivity index (χ1v) is 7.06. The third kappa shape index (κ3) is 4.39. The topological polar surface area (TPSA) is 69.4 Å². The summed E-state index contributed by atoms with van der Waals surface area (Å²) >= 11 is 0. The van der Waals surface area contributed by atoms with Crippen LogP contribution in [0.1, 0.15) is 19.3 Å². The monoisotopic (exact) mass is 221 g/mol. The molecule has 1 aliphatic rings. The molecule has 5 heteroatoms. The average molecular weight is 221 g/mol. The van der Waals surface area contributed by atoms with Crippen molar-refractivity contribution in [1.29, 1.82) is 0 Å². The van der Waals surface area contributed by atoms with Crippen LogP contribution in [0.2, 0.25) is 0 Å². The Morgan fingerprint density at radius 1 is 1.57 bits per heavy atom. The van der Waals surface area contributed by atoms with Crippen molar-refractivity contribution in [2.75, 3.05) is 25.2 Å². The second kappa shape index (κ2) is 5.09. The third-order valence-corrected chi connectivity index (χ3v) is 3.65. The first-order valence-electron chi connectivity index (χ1n) is 5.00. The normalized spacial score (nSPS) is 25.1. The molecule has 1 heterocycles. The van der Waals surface area contributed by atoms with Crippen LogP contribution in [-0.2, 0) is 14.6 Å². The first kappa shape index (κ1) is 11.9. The van der Waals surface area contributed by atoms with Crippen molar-refractivity contribution in [2.45, 2.75) is 25.3 Å². The van der Waals surface area contributed by atoms with E-state index in [-0.39, 0.29) is 11.8 Å². The summed E-state index contributed by atoms with van der Waals surface area (Å²) in [5.74, 6) is 0.670. The molecule has 1 aliphatic heterocycles. The number of rotatable bonds is 5. The minimum absolute atomic E-state index is 0.0965. The molecule has 0 aromatic heterocycles. The molecule has 1 fully saturated rings. The van der Waals surface area contributed by atoms with E-state index in [1.165, 1.54) is 6.26 Å². The quantitative estimate of drug-likeness (QED) is 0.718. The maximum atomic E-state index is 10.9. The van der Waals surface area contributed by atoms with Gasteiger partial charge in [0.1, 0.15) is 9.84 Å². The van der Waals surface area contributed by atoms with Crippen LogP contribution in [-0.4, -0.2) is 39.7 Å². The zero-order chi connectivity index (χ0) is 10.6. The second-order valence-corrected chi connectivity index (χ2v) is 6.32. The highest BCUT2D eigenvalue weighted by molar-refractivity contribution is 7.90. The van der Waals surface area contributed by atoms with Gasteiger partial charge in [0.25, 0.3) is 0 Å². The van der Waals surface area contributed by atoms with Gasteiger partial charge in [-0.15, -0.1) is 0 Å². The summed E-state index contributed by atoms with van der Waals surface area (Å²) in [4.78, 5) is 0. The Morgan fingerprint density at radius 3 is 2.79 bits per heavy atom. The highest BCUT2D eigenvalue weighted by Crippen LogP contribution is 2.18. The Balaban J connectivity index is 2.17. The molecule has 2 atom stereocenters. The molecule has 4 nitrogen and oxygen atoms in total. The molecule has 0 radical (unpaired) electrons. The Kier molecular flexibility index (Phi) is 4.34. The van der Waals surface area contributed by atoms with Crippen LogP contribution < -0.4 is 5.73 Å². The number of sulfone groups is 1. The lowest BCUT2D eigenvalue weighted by atomic mass is 9.96. The van der Waals surface area contributed by atoms with E-state index in [9.17, 15) is 8.42 Å². The van der Waals surface area contributed by atoms with Gasteiger partial charge in [-0.3, -0.25) is 0 Å². The number of ether oxygens (including phenoxy) is 1. The van der Waals surface area contributed by atoms with Gasteiger partial charge in [0.15, 0.2) is 0 Å². The molecule has 0 spiro atoms. The summed E-state index contributed by atoms with van der Waals surface area (Å²) in [5, 5.41) is 0. The molecule has 1 saturated heterocycles. The first-order chi connectivity index (χ1) is 6.49. The van der Waals surface area contributed by atoms with Gasteiger partial charge in [0, 0.05) is 24.7 Å². The predicted molar refractivity (Wildman–Crippen MR) is 55.8 cm³/mol. The van der Waals surface area contributed by atoms with Crippen LogP contribution in [0.5, 0.6) is 0 Å². The molecule has 0 aliphatic carbocycles. The van der Waals surface area contributed by atoms with Gasteiger partial charge in [-0.05, 0) is 25.2 Å². The Bertz CT molecular complexity index is 257. The summed E-state index contributed by atoms with van der Waals surface area (Å²) in [5.41, 5.74) is 5.93. The highest BCUT2D eigenvalue weighted by atomic mass is 32.2. The molecule has 2 unspecified atom stereocenters. The average Bonchev–Trinajstić information content (AvgIpc) is 2.53. The summed E-state index contributed by atoms with van der Waals surface area (Å²) in [6, 6.07) is 0.0965. The van der Waals surface area contributed by atoms with Gasteiger partial charge < -0.3 is 10.5 Å². The predicted octanol–water partition coefficient (Wildman–Crippen LogP) is 0.175. The summed E-state index contributed by atoms with van der Waals surface area (Å²) in [6.45, 7) is 1.53. The van der Waals surface area contributed by atoms with E-state index in [4.69, 9.17) is 10.5 Å². The van der Waals surface area contributed by atoms with Crippen molar-refractivity contribution < 1.29 is 13.2 Å². The van der Waals surface area contributed by atoms with E-state index in [1.54, 1.807) is 0 Å². The van der Waals surface area contributed by atoms with Gasteiger partial charge in [0.05, 0.1) is 6.61 Å². The number of hydrogen-bond acceptors (Lipinski definition) is 4. The number of hydrogen-bond donors (Lipinski definition) is 1. The van der Waals surface area contributed by atoms with E-state index < -0.39 is 9.84 Å². The van der Waals surface area contributed by atoms with Gasteiger partial charge in [-0.1, -0.05) is 0 Å². The summed E-state index contributed by atoms with van der Waals surface area (Å²) in [7, 11) is -2.83. The largest absolute Gasteiger partial charge is 0.381 e. The molecule has 84 valence electrons. The van der Waals surface area contributed by atoms with Crippen molar-refractivity contribution in [2.24, 2.45) is 11.7 Å². The standard InChI is InChI=1S/C9H19NO3S/c1-14(11,12)6-2-3-9(10)8-4-5-13-7-8/h8-9H,2-7,10H2,1H3. The van der Waals surface area contributed by atoms with Crippen molar-refractivity contribution in [3.05, 3.63) is 0 Å². The molecule has 0 amide bonds. The van der Waals surface area contributed by atoms with Crippen LogP contribution in [0.25, 0.3) is 0 Å². The lowest BCUT2D eigenvalue weighted by molar-refractivity contribution is 0.179. The third-order valence-electron chi connectivity index (χ3n) is 2.62. The van der Waals surface area contributed by atoms with E-state index in [0.717, 1.165) is 26.1 Å². The highest BCUT2D eigenvalue weighted by Gasteiger charge is 2.22. The summed E-state index contributed by atoms with van der Waals surface area (Å²) in [6.07, 6.45) is 3.72. The summed E-state index contributed by atoms with van der Waals surface area (Å²) < 4.78 is 27.0. The van der Waals surface area contributed by atoms with Crippen LogP contribution in [0.3, 0.4) is 0 Å². The van der Waals surface area contributed by atoms with E-state index in [0.29, 0.717) is 12.3 Å². The van der Waals surface area contributed by atoms with Crippen molar-refractivity contribution >= 4 is 9.84 Å². The van der Waals surface area contributed by atoms with Crippen LogP contribution in [0.4, 0.5) is 0 Å². The number of nitrogens with two attached hydrogens (primary N) is 1. The smallest absolute Gasteiger partial charge is 0.147 e. The second-order valence-electron chi connectivity index (χ2n) is 4.06. The van der Waals surface area contributed by atoms with Crippen LogP contribution >= 0.6 is 0 Å². The SMILES string of the molecule is CS(=O)(=O)CCCC(N)C1CCOC1. The van der Waals surface area contributed by atoms with Crippen molar-refractivity contribution in [1.82, 2.24) is 0 Å². The molecule has 0 aromatic rings. The minimum Gasteiger partial charge on any atom is -0.381 e. The fourth-order valence-corrected chi connectivity index (χ4v) is 2.40. The zero-order valence-electron chi connectivity index (χ0n) is 8.61. The molecule has 0 aromatic carbocycles. The molecule has 0 saturated carbocycles. The van der Waals surface area contributed by atoms with Gasteiger partial charge in [-0.2, -0.15) is 0 Å². The van der Waals surface area contributed by atoms with Crippen molar-refractivity contribution in [3.8, 4) is 0 Å². The maximum absolute atomic E-state index is 10.9. The fraction of sp³-hybridized carbons (Fsp3) is 1.00. The zero-order valence-corrected chi connectivity index (χ0v) is 9.42. The van der Waals surface area contributed by atoms with Crippen LogP contribution in [0.15, 0.2) is 0 Å². The molecule has 14 heavy (non-hydrogen) atoms. The molecule has 2 N–H and O–H groups in total. The van der Waals surface area contributed by atoms with E-state index >= 15 is 0 Å². The molecule has 1 rings (SSSR count). The molecular weight excluding hydrogens is 202 g/mol. The van der Waals surface area contributed by atoms with E-state index in [2.05, 4.69) is 0 Å². The lowest BCUT2D eigenvalue weighted by Gasteiger charge is -2.16. The Labute approximate surface area is 85.7 Å². The van der Waals surface area contributed by atoms with E-state index in [1.807, 2.05) is 0 Å². The molecular formula is C9H19NO3S. The Hall–Kier alpha value is -0.130. The van der Waals surface area contributed by atoms with Gasteiger partial charge >= 0.3 is 0 Å². The lowest BCUT2D eigenvalue weighted by Crippen LogP contribution is -2.30. The fourth-order valence-electron chi connectivity index (χ4n) is 1.71. The van der Waals surface area contributed by atoms with Gasteiger partial charge in [0.2, 0.25) is 0 Å². The van der Waals surface area contributed by atoms with Gasteiger partial charge in [-0.25, -0.2) is 8.42 Å².